The molecule has 16 heteroatoms. The van der Waals surface area contributed by atoms with Gasteiger partial charge in [-0.1, -0.05) is 6.58 Å². The van der Waals surface area contributed by atoms with Gasteiger partial charge in [-0.2, -0.15) is 29.4 Å². The fourth-order valence-corrected chi connectivity index (χ4v) is 17.3. The summed E-state index contributed by atoms with van der Waals surface area (Å²) in [4.78, 5) is 0. The van der Waals surface area contributed by atoms with E-state index in [4.69, 9.17) is 31.9 Å². The summed E-state index contributed by atoms with van der Waals surface area (Å²) >= 11 is 0. The summed E-state index contributed by atoms with van der Waals surface area (Å²) in [6.45, 7) is 3.82. The first-order valence-corrected chi connectivity index (χ1v) is 13.9. The highest BCUT2D eigenvalue weighted by Gasteiger charge is 3.08. The Morgan fingerprint density at radius 1 is 0.815 bits per heavy atom. The molecule has 6 aliphatic rings. The van der Waals surface area contributed by atoms with Crippen molar-refractivity contribution >= 4 is 26.2 Å². The molecule has 0 saturated carbocycles. The molecule has 0 radical (unpaired) electrons. The standard InChI is InChI=1S/C11H22N6O7Si3/c1-8-18-11(14(4)21-27(11)17(7)24-27)10(13(3)20-26(10)16(6)23-26)9-12(2)19-25(9)15(5)22-25/h8-9H,1H2,2-7H3. The van der Waals surface area contributed by atoms with E-state index in [-0.39, 0.29) is 5.67 Å². The minimum atomic E-state index is -2.89. The van der Waals surface area contributed by atoms with Gasteiger partial charge in [-0.05, 0) is 0 Å². The molecule has 9 atom stereocenters. The lowest BCUT2D eigenvalue weighted by atomic mass is 10.2. The normalized spacial score (nSPS) is 64.2. The van der Waals surface area contributed by atoms with Crippen molar-refractivity contribution in [1.29, 1.82) is 0 Å². The molecule has 6 heterocycles. The van der Waals surface area contributed by atoms with Gasteiger partial charge in [0, 0.05) is 42.3 Å². The van der Waals surface area contributed by atoms with Gasteiger partial charge in [-0.3, -0.25) is 27.2 Å². The summed E-state index contributed by atoms with van der Waals surface area (Å²) < 4.78 is 47.8. The molecular formula is C11H22N6O7Si3. The third-order valence-electron chi connectivity index (χ3n) is 6.48. The van der Waals surface area contributed by atoms with E-state index in [9.17, 15) is 0 Å². The lowest BCUT2D eigenvalue weighted by molar-refractivity contribution is -0.377. The van der Waals surface area contributed by atoms with Crippen molar-refractivity contribution in [2.24, 2.45) is 0 Å². The molecule has 27 heavy (non-hydrogen) atoms. The first-order valence-electron chi connectivity index (χ1n) is 8.56. The molecule has 6 rings (SSSR count). The van der Waals surface area contributed by atoms with Gasteiger partial charge in [0.2, 0.25) is 0 Å². The van der Waals surface area contributed by atoms with Crippen LogP contribution in [0.4, 0.5) is 0 Å². The highest BCUT2D eigenvalue weighted by Crippen LogP contribution is 2.70. The van der Waals surface area contributed by atoms with Crippen molar-refractivity contribution < 1.29 is 31.9 Å². The molecule has 6 saturated heterocycles. The average molecular weight is 435 g/mol. The molecule has 9 unspecified atom stereocenters. The topological polar surface area (TPSA) is 93.3 Å². The van der Waals surface area contributed by atoms with E-state index in [0.717, 1.165) is 0 Å². The Kier molecular flexibility index (Phi) is 2.96. The van der Waals surface area contributed by atoms with E-state index in [1.54, 1.807) is 9.79 Å². The monoisotopic (exact) mass is 434 g/mol. The van der Waals surface area contributed by atoms with Crippen LogP contribution in [-0.4, -0.2) is 114 Å². The summed E-state index contributed by atoms with van der Waals surface area (Å²) in [6.07, 6.45) is 1.44. The van der Waals surface area contributed by atoms with Gasteiger partial charge in [-0.25, -0.2) is 0 Å². The Hall–Kier alpha value is -0.289. The number of hydrogen-bond acceptors (Lipinski definition) is 13. The molecule has 0 aromatic heterocycles. The second kappa shape index (κ2) is 4.55. The molecule has 0 aromatic carbocycles. The quantitative estimate of drug-likeness (QED) is 0.269. The molecule has 13 nitrogen and oxygen atoms in total. The van der Waals surface area contributed by atoms with Crippen molar-refractivity contribution in [3.05, 3.63) is 12.8 Å². The highest BCUT2D eigenvalue weighted by molar-refractivity contribution is 6.86. The van der Waals surface area contributed by atoms with Gasteiger partial charge in [0.25, 0.3) is 5.35 Å². The molecule has 0 aromatic rings. The molecule has 6 aliphatic heterocycles. The summed E-state index contributed by atoms with van der Waals surface area (Å²) in [6, 6.07) is 0. The number of likely N-dealkylation sites (N-methyl/N-ethyl adjacent to an activating group) is 3. The van der Waals surface area contributed by atoms with E-state index >= 15 is 0 Å². The molecular weight excluding hydrogens is 412 g/mol. The molecule has 0 aliphatic carbocycles. The van der Waals surface area contributed by atoms with E-state index in [1.807, 2.05) is 61.9 Å². The van der Waals surface area contributed by atoms with Crippen molar-refractivity contribution in [3.8, 4) is 0 Å². The summed E-state index contributed by atoms with van der Waals surface area (Å²) in [5, 5.41) is 3.63. The molecule has 0 bridgehead atoms. The zero-order valence-corrected chi connectivity index (χ0v) is 18.9. The maximum Gasteiger partial charge on any atom is 0.550 e. The smallest absolute Gasteiger partial charge is 0.472 e. The van der Waals surface area contributed by atoms with Crippen LogP contribution in [0.25, 0.3) is 0 Å². The SMILES string of the molecule is C=COC1(C2(C3N(C)O[Si]34ON4C)N(C)O[Si]23ON3C)N(C)O[Si]12ON2C. The Bertz CT molecular complexity index is 772. The van der Waals surface area contributed by atoms with Gasteiger partial charge < -0.3 is 4.74 Å². The van der Waals surface area contributed by atoms with Gasteiger partial charge >= 0.3 is 26.2 Å². The first kappa shape index (κ1) is 17.6. The predicted molar refractivity (Wildman–Crippen MR) is 90.9 cm³/mol. The number of rotatable bonds is 4. The van der Waals surface area contributed by atoms with Gasteiger partial charge in [-0.15, -0.1) is 0 Å². The van der Waals surface area contributed by atoms with Crippen LogP contribution in [0.5, 0.6) is 0 Å². The third-order valence-corrected chi connectivity index (χ3v) is 17.6. The minimum absolute atomic E-state index is 0.154. The van der Waals surface area contributed by atoms with Crippen LogP contribution < -0.4 is 0 Å². The second-order valence-corrected chi connectivity index (χ2v) is 16.0. The van der Waals surface area contributed by atoms with E-state index in [2.05, 4.69) is 6.58 Å². The van der Waals surface area contributed by atoms with E-state index < -0.39 is 36.7 Å². The van der Waals surface area contributed by atoms with Crippen LogP contribution in [0.1, 0.15) is 0 Å². The second-order valence-electron chi connectivity index (χ2n) is 7.47. The number of ether oxygens (including phenoxy) is 1. The van der Waals surface area contributed by atoms with Crippen LogP contribution in [-0.2, 0) is 31.9 Å². The minimum Gasteiger partial charge on any atom is -0.472 e. The van der Waals surface area contributed by atoms with Crippen LogP contribution in [0.3, 0.4) is 0 Å². The molecule has 150 valence electrons. The molecule has 6 fully saturated rings. The van der Waals surface area contributed by atoms with Gasteiger partial charge in [0.15, 0.2) is 5.16 Å². The maximum atomic E-state index is 6.32. The fraction of sp³-hybridized carbons (Fsp3) is 0.818. The molecule has 3 spiro atoms. The number of nitrogens with zero attached hydrogens (tertiary/aromatic N) is 6. The van der Waals surface area contributed by atoms with Gasteiger partial charge in [0.1, 0.15) is 5.67 Å². The van der Waals surface area contributed by atoms with Crippen molar-refractivity contribution in [1.82, 2.24) is 29.4 Å². The Morgan fingerprint density at radius 2 is 1.37 bits per heavy atom. The lowest BCUT2D eigenvalue weighted by Gasteiger charge is -2.69. The predicted octanol–water partition coefficient (Wildman–Crippen LogP) is -2.35. The fourth-order valence-electron chi connectivity index (χ4n) is 5.31. The highest BCUT2D eigenvalue weighted by atomic mass is 28.4. The van der Waals surface area contributed by atoms with Crippen molar-refractivity contribution in [2.45, 2.75) is 16.2 Å². The third kappa shape index (κ3) is 1.43. The largest absolute Gasteiger partial charge is 0.550 e. The summed E-state index contributed by atoms with van der Waals surface area (Å²) in [5.74, 6) is 0. The first-order chi connectivity index (χ1) is 12.7. The van der Waals surface area contributed by atoms with Crippen LogP contribution in [0.15, 0.2) is 12.8 Å². The molecule has 0 N–H and O–H groups in total. The summed E-state index contributed by atoms with van der Waals surface area (Å²) in [5.41, 5.74) is -0.154. The zero-order chi connectivity index (χ0) is 19.2. The van der Waals surface area contributed by atoms with Crippen LogP contribution in [0.2, 0.25) is 0 Å². The maximum absolute atomic E-state index is 6.32. The van der Waals surface area contributed by atoms with Crippen molar-refractivity contribution in [3.63, 3.8) is 0 Å². The van der Waals surface area contributed by atoms with E-state index in [1.165, 1.54) is 6.26 Å². The Morgan fingerprint density at radius 3 is 1.74 bits per heavy atom. The lowest BCUT2D eigenvalue weighted by Crippen LogP contribution is -3.03. The molecule has 0 amide bonds. The Labute approximate surface area is 159 Å². The zero-order valence-electron chi connectivity index (χ0n) is 15.9. The van der Waals surface area contributed by atoms with Crippen molar-refractivity contribution in [2.75, 3.05) is 42.3 Å². The van der Waals surface area contributed by atoms with Crippen LogP contribution in [0, 0.1) is 0 Å². The number of hydrogen-bond donors (Lipinski definition) is 0. The number of hydroxylamine groups is 9. The Balaban J connectivity index is 1.58. The van der Waals surface area contributed by atoms with E-state index in [0.29, 0.717) is 0 Å². The average Bonchev–Trinajstić information content (AvgIpc) is 3.53. The van der Waals surface area contributed by atoms with Gasteiger partial charge in [0.05, 0.1) is 6.26 Å². The van der Waals surface area contributed by atoms with Crippen LogP contribution >= 0.6 is 0 Å². The summed E-state index contributed by atoms with van der Waals surface area (Å²) in [7, 11) is 2.87.